The summed E-state index contributed by atoms with van der Waals surface area (Å²) in [7, 11) is 0. The van der Waals surface area contributed by atoms with Gasteiger partial charge in [-0.2, -0.15) is 0 Å². The number of rotatable bonds is 5. The second-order valence-corrected chi connectivity index (χ2v) is 13.4. The lowest BCUT2D eigenvalue weighted by molar-refractivity contribution is 0.668. The molecule has 252 valence electrons. The molecule has 7 aromatic carbocycles. The van der Waals surface area contributed by atoms with Crippen molar-refractivity contribution in [2.45, 2.75) is 0 Å². The number of hydrogen-bond acceptors (Lipinski definition) is 6. The Morgan fingerprint density at radius 2 is 0.815 bits per heavy atom. The maximum atomic E-state index is 6.24. The van der Waals surface area contributed by atoms with Gasteiger partial charge in [0.1, 0.15) is 28.0 Å². The molecule has 11 rings (SSSR count). The van der Waals surface area contributed by atoms with Crippen molar-refractivity contribution in [3.05, 3.63) is 170 Å². The third-order valence-electron chi connectivity index (χ3n) is 10.2. The summed E-state index contributed by atoms with van der Waals surface area (Å²) in [6.45, 7) is 0. The standard InChI is InChI=1S/C48H28N4O2/c1-2-11-30(12-3-1)46-50-47(52-48(51-46)45-44-38-14-5-7-21-40(38)54-42(44)27-28-49-45)31-25-23-29(24-26-31)32-15-8-17-34-33(32)16-9-18-35(34)36-19-10-22-41-43(36)37-13-4-6-20-39(37)53-41/h1-28H. The summed E-state index contributed by atoms with van der Waals surface area (Å²) in [5, 5.41) is 6.46. The van der Waals surface area contributed by atoms with E-state index < -0.39 is 0 Å². The number of nitrogens with zero attached hydrogens (tertiary/aromatic N) is 4. The molecule has 0 aliphatic carbocycles. The molecule has 54 heavy (non-hydrogen) atoms. The van der Waals surface area contributed by atoms with Gasteiger partial charge in [0, 0.05) is 33.5 Å². The molecule has 0 amide bonds. The lowest BCUT2D eigenvalue weighted by Crippen LogP contribution is -2.01. The molecule has 0 atom stereocenters. The van der Waals surface area contributed by atoms with Gasteiger partial charge in [-0.05, 0) is 57.3 Å². The Hall–Kier alpha value is -7.44. The zero-order chi connectivity index (χ0) is 35.6. The van der Waals surface area contributed by atoms with Crippen LogP contribution < -0.4 is 0 Å². The molecular formula is C48H28N4O2. The predicted octanol–water partition coefficient (Wildman–Crippen LogP) is 12.6. The highest BCUT2D eigenvalue weighted by Gasteiger charge is 2.20. The molecule has 0 fully saturated rings. The van der Waals surface area contributed by atoms with E-state index in [1.54, 1.807) is 6.20 Å². The average Bonchev–Trinajstić information content (AvgIpc) is 3.82. The SMILES string of the molecule is c1ccc(-c2nc(-c3ccc(-c4cccc5c(-c6cccc7oc8ccccc8c67)cccc45)cc3)nc(-c3nccc4oc5ccccc5c34)n2)cc1. The van der Waals surface area contributed by atoms with E-state index in [1.807, 2.05) is 78.9 Å². The molecule has 0 N–H and O–H groups in total. The van der Waals surface area contributed by atoms with E-state index in [1.165, 1.54) is 16.3 Å². The topological polar surface area (TPSA) is 77.8 Å². The average molecular weight is 693 g/mol. The fourth-order valence-electron chi connectivity index (χ4n) is 7.76. The lowest BCUT2D eigenvalue weighted by atomic mass is 9.91. The number of para-hydroxylation sites is 2. The first-order valence-corrected chi connectivity index (χ1v) is 17.9. The van der Waals surface area contributed by atoms with E-state index >= 15 is 0 Å². The molecule has 4 aromatic heterocycles. The Balaban J connectivity index is 1.03. The molecule has 0 radical (unpaired) electrons. The quantitative estimate of drug-likeness (QED) is 0.179. The van der Waals surface area contributed by atoms with Crippen molar-refractivity contribution in [3.63, 3.8) is 0 Å². The summed E-state index contributed by atoms with van der Waals surface area (Å²) in [6.07, 6.45) is 1.74. The molecular weight excluding hydrogens is 665 g/mol. The minimum Gasteiger partial charge on any atom is -0.456 e. The van der Waals surface area contributed by atoms with E-state index in [4.69, 9.17) is 28.8 Å². The van der Waals surface area contributed by atoms with E-state index in [9.17, 15) is 0 Å². The van der Waals surface area contributed by atoms with Crippen LogP contribution in [0, 0.1) is 0 Å². The van der Waals surface area contributed by atoms with Crippen LogP contribution in [-0.2, 0) is 0 Å². The molecule has 11 aromatic rings. The van der Waals surface area contributed by atoms with Gasteiger partial charge in [0.25, 0.3) is 0 Å². The van der Waals surface area contributed by atoms with Gasteiger partial charge in [-0.15, -0.1) is 0 Å². The van der Waals surface area contributed by atoms with Gasteiger partial charge < -0.3 is 8.83 Å². The van der Waals surface area contributed by atoms with Crippen LogP contribution in [-0.4, -0.2) is 19.9 Å². The number of benzene rings is 7. The summed E-state index contributed by atoms with van der Waals surface area (Å²) >= 11 is 0. The Kier molecular flexibility index (Phi) is 6.75. The Morgan fingerprint density at radius 3 is 1.56 bits per heavy atom. The van der Waals surface area contributed by atoms with Crippen LogP contribution in [0.25, 0.3) is 111 Å². The highest BCUT2D eigenvalue weighted by atomic mass is 16.3. The molecule has 4 heterocycles. The predicted molar refractivity (Wildman–Crippen MR) is 217 cm³/mol. The van der Waals surface area contributed by atoms with Gasteiger partial charge in [0.05, 0.1) is 5.39 Å². The van der Waals surface area contributed by atoms with Gasteiger partial charge in [-0.25, -0.2) is 15.0 Å². The monoisotopic (exact) mass is 692 g/mol. The number of fused-ring (bicyclic) bond motifs is 7. The van der Waals surface area contributed by atoms with Crippen molar-refractivity contribution in [1.82, 2.24) is 19.9 Å². The second-order valence-electron chi connectivity index (χ2n) is 13.4. The molecule has 0 spiro atoms. The van der Waals surface area contributed by atoms with Gasteiger partial charge in [0.15, 0.2) is 17.5 Å². The maximum Gasteiger partial charge on any atom is 0.183 e. The number of aromatic nitrogens is 4. The zero-order valence-corrected chi connectivity index (χ0v) is 28.8. The summed E-state index contributed by atoms with van der Waals surface area (Å²) in [5.41, 5.74) is 10.3. The van der Waals surface area contributed by atoms with Crippen LogP contribution >= 0.6 is 0 Å². The van der Waals surface area contributed by atoms with Crippen molar-refractivity contribution in [2.24, 2.45) is 0 Å². The zero-order valence-electron chi connectivity index (χ0n) is 28.8. The van der Waals surface area contributed by atoms with Crippen molar-refractivity contribution in [1.29, 1.82) is 0 Å². The third kappa shape index (κ3) is 4.81. The van der Waals surface area contributed by atoms with Crippen LogP contribution in [0.5, 0.6) is 0 Å². The summed E-state index contributed by atoms with van der Waals surface area (Å²) in [6, 6.07) is 56.0. The summed E-state index contributed by atoms with van der Waals surface area (Å²) in [5.74, 6) is 1.63. The van der Waals surface area contributed by atoms with Crippen LogP contribution in [0.1, 0.15) is 0 Å². The number of pyridine rings is 1. The summed E-state index contributed by atoms with van der Waals surface area (Å²) in [4.78, 5) is 19.8. The largest absolute Gasteiger partial charge is 0.456 e. The number of hydrogen-bond donors (Lipinski definition) is 0. The van der Waals surface area contributed by atoms with E-state index in [-0.39, 0.29) is 0 Å². The molecule has 6 nitrogen and oxygen atoms in total. The van der Waals surface area contributed by atoms with Crippen LogP contribution in [0.3, 0.4) is 0 Å². The smallest absolute Gasteiger partial charge is 0.183 e. The second kappa shape index (κ2) is 12.1. The molecule has 0 saturated carbocycles. The van der Waals surface area contributed by atoms with Crippen LogP contribution in [0.15, 0.2) is 179 Å². The first-order chi connectivity index (χ1) is 26.8. The van der Waals surface area contributed by atoms with E-state index in [0.29, 0.717) is 23.2 Å². The Morgan fingerprint density at radius 1 is 0.315 bits per heavy atom. The van der Waals surface area contributed by atoms with Gasteiger partial charge in [0.2, 0.25) is 0 Å². The van der Waals surface area contributed by atoms with Crippen LogP contribution in [0.2, 0.25) is 0 Å². The molecule has 6 heteroatoms. The molecule has 0 unspecified atom stereocenters. The van der Waals surface area contributed by atoms with Gasteiger partial charge >= 0.3 is 0 Å². The Labute approximate surface area is 309 Å². The van der Waals surface area contributed by atoms with Gasteiger partial charge in [-0.3, -0.25) is 4.98 Å². The molecule has 0 bridgehead atoms. The third-order valence-corrected chi connectivity index (χ3v) is 10.2. The lowest BCUT2D eigenvalue weighted by Gasteiger charge is -2.13. The van der Waals surface area contributed by atoms with Crippen molar-refractivity contribution >= 4 is 54.6 Å². The molecule has 0 aliphatic rings. The molecule has 0 aliphatic heterocycles. The van der Waals surface area contributed by atoms with Crippen molar-refractivity contribution in [3.8, 4) is 56.5 Å². The number of furan rings is 2. The summed E-state index contributed by atoms with van der Waals surface area (Å²) < 4.78 is 12.4. The highest BCUT2D eigenvalue weighted by Crippen LogP contribution is 2.41. The maximum absolute atomic E-state index is 6.24. The highest BCUT2D eigenvalue weighted by molar-refractivity contribution is 6.16. The fraction of sp³-hybridized carbons (Fsp3) is 0. The first kappa shape index (κ1) is 30.2. The van der Waals surface area contributed by atoms with E-state index in [2.05, 4.69) is 84.9 Å². The Bertz CT molecular complexity index is 3220. The molecule has 0 saturated heterocycles. The van der Waals surface area contributed by atoms with Gasteiger partial charge in [-0.1, -0.05) is 140 Å². The minimum atomic E-state index is 0.488. The van der Waals surface area contributed by atoms with Crippen LogP contribution in [0.4, 0.5) is 0 Å². The van der Waals surface area contributed by atoms with Crippen molar-refractivity contribution < 1.29 is 8.83 Å². The van der Waals surface area contributed by atoms with Crippen molar-refractivity contribution in [2.75, 3.05) is 0 Å². The van der Waals surface area contributed by atoms with E-state index in [0.717, 1.165) is 71.7 Å². The minimum absolute atomic E-state index is 0.488. The first-order valence-electron chi connectivity index (χ1n) is 17.9. The normalized spacial score (nSPS) is 11.7. The fourth-order valence-corrected chi connectivity index (χ4v) is 7.76.